The summed E-state index contributed by atoms with van der Waals surface area (Å²) in [5.74, 6) is -0.365. The van der Waals surface area contributed by atoms with E-state index in [2.05, 4.69) is 5.32 Å². The van der Waals surface area contributed by atoms with E-state index in [-0.39, 0.29) is 18.6 Å². The molecule has 8 heteroatoms. The molecular formula is C13H23N3O5. The third kappa shape index (κ3) is 5.88. The molecule has 0 saturated carbocycles. The highest BCUT2D eigenvalue weighted by Gasteiger charge is 2.28. The average molecular weight is 301 g/mol. The minimum Gasteiger partial charge on any atom is -0.444 e. The summed E-state index contributed by atoms with van der Waals surface area (Å²) in [5, 5.41) is 2.36. The maximum atomic E-state index is 11.9. The molecule has 1 N–H and O–H groups in total. The first kappa shape index (κ1) is 17.1. The molecule has 0 radical (unpaired) electrons. The maximum absolute atomic E-state index is 11.9. The molecule has 8 nitrogen and oxygen atoms in total. The van der Waals surface area contributed by atoms with Crippen LogP contribution in [0, 0.1) is 0 Å². The smallest absolute Gasteiger partial charge is 0.410 e. The zero-order valence-corrected chi connectivity index (χ0v) is 13.0. The van der Waals surface area contributed by atoms with Gasteiger partial charge in [-0.3, -0.25) is 4.79 Å². The van der Waals surface area contributed by atoms with Crippen LogP contribution >= 0.6 is 0 Å². The van der Waals surface area contributed by atoms with Crippen LogP contribution in [0.4, 0.5) is 9.59 Å². The largest absolute Gasteiger partial charge is 0.444 e. The molecule has 0 spiro atoms. The van der Waals surface area contributed by atoms with Crippen LogP contribution in [0.15, 0.2) is 0 Å². The Morgan fingerprint density at radius 1 is 1.00 bits per heavy atom. The number of amides is 3. The molecule has 0 aliphatic carbocycles. The zero-order valence-electron chi connectivity index (χ0n) is 13.0. The van der Waals surface area contributed by atoms with Crippen molar-refractivity contribution in [3.63, 3.8) is 0 Å². The minimum atomic E-state index is -0.553. The molecule has 120 valence electrons. The van der Waals surface area contributed by atoms with Crippen molar-refractivity contribution >= 4 is 18.1 Å². The lowest BCUT2D eigenvalue weighted by Crippen LogP contribution is -2.52. The standard InChI is InChI=1S/C13H23N3O5/c1-13(2,3)21-12(19)16-7-5-15(6-8-16)11(18)20-9-10(17)14-4/h5-9H2,1-4H3,(H,14,17). The summed E-state index contributed by atoms with van der Waals surface area (Å²) >= 11 is 0. The van der Waals surface area contributed by atoms with Crippen LogP contribution < -0.4 is 5.32 Å². The fraction of sp³-hybridized carbons (Fsp3) is 0.769. The number of nitrogens with zero attached hydrogens (tertiary/aromatic N) is 2. The van der Waals surface area contributed by atoms with Crippen LogP contribution in [0.25, 0.3) is 0 Å². The second kappa shape index (κ2) is 7.14. The third-order valence-electron chi connectivity index (χ3n) is 2.80. The summed E-state index contributed by atoms with van der Waals surface area (Å²) in [6, 6.07) is 0. The number of carbonyl (C=O) groups is 3. The zero-order chi connectivity index (χ0) is 16.0. The van der Waals surface area contributed by atoms with E-state index in [1.165, 1.54) is 11.9 Å². The van der Waals surface area contributed by atoms with Crippen LogP contribution in [-0.4, -0.2) is 73.3 Å². The van der Waals surface area contributed by atoms with Gasteiger partial charge in [0, 0.05) is 33.2 Å². The van der Waals surface area contributed by atoms with E-state index >= 15 is 0 Å². The Kier molecular flexibility index (Phi) is 5.80. The average Bonchev–Trinajstić information content (AvgIpc) is 2.42. The maximum Gasteiger partial charge on any atom is 0.410 e. The molecule has 3 amide bonds. The number of hydrogen-bond acceptors (Lipinski definition) is 5. The number of hydrogen-bond donors (Lipinski definition) is 1. The van der Waals surface area contributed by atoms with Crippen molar-refractivity contribution in [1.82, 2.24) is 15.1 Å². The highest BCUT2D eigenvalue weighted by molar-refractivity contribution is 5.79. The number of carbonyl (C=O) groups excluding carboxylic acids is 3. The van der Waals surface area contributed by atoms with Crippen LogP contribution in [0.5, 0.6) is 0 Å². The molecule has 0 bridgehead atoms. The molecule has 1 aliphatic rings. The SMILES string of the molecule is CNC(=O)COC(=O)N1CCN(C(=O)OC(C)(C)C)CC1. The van der Waals surface area contributed by atoms with Crippen LogP contribution in [0.3, 0.4) is 0 Å². The number of piperazine rings is 1. The van der Waals surface area contributed by atoms with E-state index < -0.39 is 11.7 Å². The van der Waals surface area contributed by atoms with Crippen molar-refractivity contribution in [2.24, 2.45) is 0 Å². The molecule has 1 aliphatic heterocycles. The molecule has 1 saturated heterocycles. The Morgan fingerprint density at radius 3 is 1.90 bits per heavy atom. The van der Waals surface area contributed by atoms with Crippen LogP contribution in [0.2, 0.25) is 0 Å². The van der Waals surface area contributed by atoms with Gasteiger partial charge in [-0.25, -0.2) is 9.59 Å². The number of nitrogens with one attached hydrogen (secondary N) is 1. The molecule has 0 aromatic heterocycles. The van der Waals surface area contributed by atoms with E-state index in [9.17, 15) is 14.4 Å². The Balaban J connectivity index is 2.36. The minimum absolute atomic E-state index is 0.304. The van der Waals surface area contributed by atoms with E-state index in [1.54, 1.807) is 25.7 Å². The summed E-state index contributed by atoms with van der Waals surface area (Å²) in [5.41, 5.74) is -0.541. The van der Waals surface area contributed by atoms with Gasteiger partial charge >= 0.3 is 12.2 Å². The molecule has 0 aromatic rings. The predicted octanol–water partition coefficient (Wildman–Crippen LogP) is 0.422. The molecule has 1 fully saturated rings. The second-order valence-corrected chi connectivity index (χ2v) is 5.68. The summed E-state index contributed by atoms with van der Waals surface area (Å²) in [7, 11) is 1.47. The number of ether oxygens (including phenoxy) is 2. The van der Waals surface area contributed by atoms with E-state index in [1.807, 2.05) is 0 Å². The van der Waals surface area contributed by atoms with Gasteiger partial charge in [-0.05, 0) is 20.8 Å². The number of rotatable bonds is 2. The van der Waals surface area contributed by atoms with Crippen molar-refractivity contribution in [3.05, 3.63) is 0 Å². The van der Waals surface area contributed by atoms with Gasteiger partial charge in [0.25, 0.3) is 5.91 Å². The summed E-state index contributed by atoms with van der Waals surface area (Å²) in [6.45, 7) is 6.57. The molecular weight excluding hydrogens is 278 g/mol. The second-order valence-electron chi connectivity index (χ2n) is 5.68. The molecule has 21 heavy (non-hydrogen) atoms. The Bertz CT molecular complexity index is 397. The van der Waals surface area contributed by atoms with Gasteiger partial charge in [-0.2, -0.15) is 0 Å². The topological polar surface area (TPSA) is 88.2 Å². The van der Waals surface area contributed by atoms with Crippen molar-refractivity contribution < 1.29 is 23.9 Å². The molecule has 0 unspecified atom stereocenters. The Morgan fingerprint density at radius 2 is 1.48 bits per heavy atom. The van der Waals surface area contributed by atoms with E-state index in [0.29, 0.717) is 26.2 Å². The summed E-state index contributed by atoms with van der Waals surface area (Å²) in [4.78, 5) is 37.6. The fourth-order valence-corrected chi connectivity index (χ4v) is 1.69. The van der Waals surface area contributed by atoms with E-state index in [4.69, 9.17) is 9.47 Å². The fourth-order valence-electron chi connectivity index (χ4n) is 1.69. The predicted molar refractivity (Wildman–Crippen MR) is 74.8 cm³/mol. The van der Waals surface area contributed by atoms with Crippen molar-refractivity contribution in [2.45, 2.75) is 26.4 Å². The van der Waals surface area contributed by atoms with Gasteiger partial charge in [0.2, 0.25) is 0 Å². The van der Waals surface area contributed by atoms with Gasteiger partial charge in [-0.1, -0.05) is 0 Å². The normalized spacial score (nSPS) is 15.4. The lowest BCUT2D eigenvalue weighted by molar-refractivity contribution is -0.123. The van der Waals surface area contributed by atoms with Crippen LogP contribution in [-0.2, 0) is 14.3 Å². The molecule has 1 rings (SSSR count). The van der Waals surface area contributed by atoms with Crippen molar-refractivity contribution in [1.29, 1.82) is 0 Å². The Labute approximate surface area is 124 Å². The highest BCUT2D eigenvalue weighted by Crippen LogP contribution is 2.12. The molecule has 0 atom stereocenters. The summed E-state index contributed by atoms with van der Waals surface area (Å²) in [6.07, 6.45) is -0.941. The summed E-state index contributed by atoms with van der Waals surface area (Å²) < 4.78 is 10.1. The lowest BCUT2D eigenvalue weighted by atomic mass is 10.2. The monoisotopic (exact) mass is 301 g/mol. The number of likely N-dealkylation sites (N-methyl/N-ethyl adjacent to an activating group) is 1. The first-order valence-corrected chi connectivity index (χ1v) is 6.83. The third-order valence-corrected chi connectivity index (χ3v) is 2.80. The van der Waals surface area contributed by atoms with Gasteiger partial charge in [-0.15, -0.1) is 0 Å². The van der Waals surface area contributed by atoms with Crippen molar-refractivity contribution in [3.8, 4) is 0 Å². The van der Waals surface area contributed by atoms with Gasteiger partial charge in [0.1, 0.15) is 5.60 Å². The van der Waals surface area contributed by atoms with Gasteiger partial charge in [0.05, 0.1) is 0 Å². The van der Waals surface area contributed by atoms with Gasteiger partial charge < -0.3 is 24.6 Å². The Hall–Kier alpha value is -1.99. The lowest BCUT2D eigenvalue weighted by Gasteiger charge is -2.34. The van der Waals surface area contributed by atoms with Gasteiger partial charge in [0.15, 0.2) is 6.61 Å². The van der Waals surface area contributed by atoms with E-state index in [0.717, 1.165) is 0 Å². The van der Waals surface area contributed by atoms with Crippen LogP contribution in [0.1, 0.15) is 20.8 Å². The first-order chi connectivity index (χ1) is 9.73. The quantitative estimate of drug-likeness (QED) is 0.798. The highest BCUT2D eigenvalue weighted by atomic mass is 16.6. The molecule has 1 heterocycles. The van der Waals surface area contributed by atoms with Crippen molar-refractivity contribution in [2.75, 3.05) is 39.8 Å². The molecule has 0 aromatic carbocycles. The first-order valence-electron chi connectivity index (χ1n) is 6.83.